The third kappa shape index (κ3) is 8.02. The average molecular weight is 727 g/mol. The molecule has 8 N–H and O–H groups in total. The fourth-order valence-electron chi connectivity index (χ4n) is 5.78. The summed E-state index contributed by atoms with van der Waals surface area (Å²) >= 11 is 0. The van der Waals surface area contributed by atoms with Gasteiger partial charge >= 0.3 is 17.6 Å². The molecule has 12 atom stereocenters. The first-order valence-electron chi connectivity index (χ1n) is 15.6. The number of carbonyl (C=O) groups is 2. The molecule has 0 amide bonds. The predicted molar refractivity (Wildman–Crippen MR) is 164 cm³/mol. The van der Waals surface area contributed by atoms with Gasteiger partial charge in [0.25, 0.3) is 0 Å². The molecule has 0 radical (unpaired) electrons. The number of allylic oxidation sites excluding steroid dienone is 1. The molecule has 3 aliphatic rings. The number of benzene rings is 1. The standard InChI is InChI=1S/C32H38O19/c1-3-13-14(15(29(43)44-2)10-46-30(13)51-32-28(42)25(39)23(37)19(9-33)49-32)7-22(36)45-11-20-24(38)26(40)27(41)31(50-20)48-18-6-12-4-5-21(35)47-17(12)8-16(18)34/h3-6,8,10,14,19-20,23-28,30-34,37-42H,7,9,11H2,1-2H3. The number of hydrogen-bond donors (Lipinski definition) is 8. The van der Waals surface area contributed by atoms with Crippen LogP contribution in [0.5, 0.6) is 11.5 Å². The van der Waals surface area contributed by atoms with Crippen LogP contribution in [0.25, 0.3) is 11.0 Å². The first-order chi connectivity index (χ1) is 24.3. The number of rotatable bonds is 10. The van der Waals surface area contributed by atoms with Gasteiger partial charge in [-0.25, -0.2) is 9.59 Å². The highest BCUT2D eigenvalue weighted by Crippen LogP contribution is 2.37. The summed E-state index contributed by atoms with van der Waals surface area (Å²) in [5, 5.41) is 82.6. The molecule has 0 saturated carbocycles. The van der Waals surface area contributed by atoms with E-state index in [1.165, 1.54) is 25.1 Å². The highest BCUT2D eigenvalue weighted by atomic mass is 16.8. The van der Waals surface area contributed by atoms with Crippen LogP contribution in [-0.2, 0) is 38.0 Å². The van der Waals surface area contributed by atoms with E-state index < -0.39 is 117 Å². The fourth-order valence-corrected chi connectivity index (χ4v) is 5.78. The number of fused-ring (bicyclic) bond motifs is 1. The number of aliphatic hydroxyl groups excluding tert-OH is 7. The summed E-state index contributed by atoms with van der Waals surface area (Å²) in [6, 6.07) is 4.91. The molecule has 3 aliphatic heterocycles. The molecule has 19 heteroatoms. The zero-order valence-electron chi connectivity index (χ0n) is 27.1. The number of aliphatic hydroxyl groups is 7. The van der Waals surface area contributed by atoms with Gasteiger partial charge in [-0.15, -0.1) is 0 Å². The Hall–Kier alpha value is -4.15. The maximum absolute atomic E-state index is 13.2. The van der Waals surface area contributed by atoms with Gasteiger partial charge in [-0.05, 0) is 19.1 Å². The molecule has 280 valence electrons. The molecule has 1 aromatic carbocycles. The first kappa shape index (κ1) is 38.1. The minimum Gasteiger partial charge on any atom is -0.504 e. The number of hydrogen-bond acceptors (Lipinski definition) is 19. The van der Waals surface area contributed by atoms with Crippen molar-refractivity contribution in [1.82, 2.24) is 0 Å². The van der Waals surface area contributed by atoms with Gasteiger partial charge in [-0.3, -0.25) is 4.79 Å². The Kier molecular flexibility index (Phi) is 12.0. The van der Waals surface area contributed by atoms with E-state index in [9.17, 15) is 55.2 Å². The van der Waals surface area contributed by atoms with Gasteiger partial charge in [0.1, 0.15) is 61.0 Å². The molecule has 5 rings (SSSR count). The van der Waals surface area contributed by atoms with Gasteiger partial charge < -0.3 is 78.4 Å². The number of aromatic hydroxyl groups is 1. The number of ether oxygens (including phenoxy) is 7. The lowest BCUT2D eigenvalue weighted by molar-refractivity contribution is -0.327. The molecule has 2 saturated heterocycles. The van der Waals surface area contributed by atoms with Crippen LogP contribution in [0.3, 0.4) is 0 Å². The van der Waals surface area contributed by atoms with Crippen molar-refractivity contribution < 1.29 is 88.0 Å². The van der Waals surface area contributed by atoms with Crippen molar-refractivity contribution >= 4 is 22.9 Å². The van der Waals surface area contributed by atoms with E-state index in [-0.39, 0.29) is 22.5 Å². The van der Waals surface area contributed by atoms with Crippen molar-refractivity contribution in [1.29, 1.82) is 0 Å². The van der Waals surface area contributed by atoms with E-state index >= 15 is 0 Å². The Morgan fingerprint density at radius 3 is 2.24 bits per heavy atom. The quantitative estimate of drug-likeness (QED) is 0.0708. The smallest absolute Gasteiger partial charge is 0.337 e. The van der Waals surface area contributed by atoms with E-state index in [0.29, 0.717) is 5.39 Å². The van der Waals surface area contributed by atoms with Crippen LogP contribution >= 0.6 is 0 Å². The van der Waals surface area contributed by atoms with Gasteiger partial charge in [0, 0.05) is 29.0 Å². The molecule has 19 nitrogen and oxygen atoms in total. The second-order valence-electron chi connectivity index (χ2n) is 11.8. The summed E-state index contributed by atoms with van der Waals surface area (Å²) in [7, 11) is 1.10. The minimum atomic E-state index is -1.85. The minimum absolute atomic E-state index is 0.0419. The van der Waals surface area contributed by atoms with E-state index in [1.807, 2.05) is 0 Å². The van der Waals surface area contributed by atoms with Gasteiger partial charge in [0.2, 0.25) is 12.6 Å². The van der Waals surface area contributed by atoms with Crippen LogP contribution < -0.4 is 10.4 Å². The molecular weight excluding hydrogens is 688 g/mol. The zero-order chi connectivity index (χ0) is 37.1. The highest BCUT2D eigenvalue weighted by molar-refractivity contribution is 5.90. The summed E-state index contributed by atoms with van der Waals surface area (Å²) in [6.07, 6.45) is -16.3. The Morgan fingerprint density at radius 2 is 1.57 bits per heavy atom. The summed E-state index contributed by atoms with van der Waals surface area (Å²) < 4.78 is 43.0. The van der Waals surface area contributed by atoms with E-state index in [2.05, 4.69) is 0 Å². The van der Waals surface area contributed by atoms with Crippen LogP contribution in [0.4, 0.5) is 0 Å². The van der Waals surface area contributed by atoms with Gasteiger partial charge in [0.05, 0.1) is 32.0 Å². The highest BCUT2D eigenvalue weighted by Gasteiger charge is 2.48. The van der Waals surface area contributed by atoms with E-state index in [4.69, 9.17) is 37.6 Å². The Bertz CT molecular complexity index is 1680. The number of phenolic OH excluding ortho intramolecular Hbond substituents is 1. The summed E-state index contributed by atoms with van der Waals surface area (Å²) in [4.78, 5) is 37.3. The lowest BCUT2D eigenvalue weighted by Crippen LogP contribution is -2.60. The normalized spacial score (nSPS) is 34.8. The van der Waals surface area contributed by atoms with Crippen molar-refractivity contribution in [2.24, 2.45) is 5.92 Å². The summed E-state index contributed by atoms with van der Waals surface area (Å²) in [6.45, 7) is 0.126. The van der Waals surface area contributed by atoms with Crippen LogP contribution in [0.1, 0.15) is 13.3 Å². The molecule has 12 unspecified atom stereocenters. The maximum atomic E-state index is 13.2. The van der Waals surface area contributed by atoms with E-state index in [1.54, 1.807) is 0 Å². The second-order valence-corrected chi connectivity index (χ2v) is 11.8. The average Bonchev–Trinajstić information content (AvgIpc) is 3.11. The topological polar surface area (TPSA) is 291 Å². The Morgan fingerprint density at radius 1 is 0.902 bits per heavy atom. The van der Waals surface area contributed by atoms with Crippen molar-refractivity contribution in [3.63, 3.8) is 0 Å². The predicted octanol–water partition coefficient (Wildman–Crippen LogP) is -2.59. The molecular formula is C32H38O19. The lowest BCUT2D eigenvalue weighted by atomic mass is 9.86. The maximum Gasteiger partial charge on any atom is 0.337 e. The third-order valence-electron chi connectivity index (χ3n) is 8.62. The molecule has 0 aliphatic carbocycles. The van der Waals surface area contributed by atoms with Gasteiger partial charge in [-0.1, -0.05) is 6.08 Å². The SMILES string of the molecule is CC=C1C(OC2OC(CO)C(O)C(O)C2O)OC=C(C(=O)OC)C1CC(=O)OCC1OC(Oc2cc3ccc(=O)oc3cc2O)C(O)C(O)C1O. The number of phenols is 1. The van der Waals surface area contributed by atoms with Crippen LogP contribution in [0.2, 0.25) is 0 Å². The van der Waals surface area contributed by atoms with Crippen molar-refractivity contribution in [2.45, 2.75) is 81.0 Å². The molecule has 51 heavy (non-hydrogen) atoms. The van der Waals surface area contributed by atoms with Crippen LogP contribution in [-0.4, -0.2) is 141 Å². The Labute approximate surface area is 288 Å². The first-order valence-corrected chi connectivity index (χ1v) is 15.6. The molecule has 2 aromatic rings. The number of esters is 2. The van der Waals surface area contributed by atoms with Crippen molar-refractivity contribution in [2.75, 3.05) is 20.3 Å². The van der Waals surface area contributed by atoms with Crippen LogP contribution in [0.15, 0.2) is 57.0 Å². The largest absolute Gasteiger partial charge is 0.504 e. The molecule has 1 aromatic heterocycles. The molecule has 4 heterocycles. The van der Waals surface area contributed by atoms with Crippen LogP contribution in [0, 0.1) is 5.92 Å². The second kappa shape index (κ2) is 16.0. The van der Waals surface area contributed by atoms with Gasteiger partial charge in [0.15, 0.2) is 17.8 Å². The van der Waals surface area contributed by atoms with E-state index in [0.717, 1.165) is 25.5 Å². The third-order valence-corrected chi connectivity index (χ3v) is 8.62. The molecule has 0 spiro atoms. The fraction of sp³-hybridized carbons (Fsp3) is 0.531. The van der Waals surface area contributed by atoms with Crippen molar-refractivity contribution in [3.05, 3.63) is 58.2 Å². The number of methoxy groups -OCH3 is 1. The van der Waals surface area contributed by atoms with Gasteiger partial charge in [-0.2, -0.15) is 0 Å². The summed E-state index contributed by atoms with van der Waals surface area (Å²) in [5.74, 6) is -3.68. The lowest BCUT2D eigenvalue weighted by Gasteiger charge is -2.42. The van der Waals surface area contributed by atoms with Crippen molar-refractivity contribution in [3.8, 4) is 11.5 Å². The molecule has 0 bridgehead atoms. The number of carbonyl (C=O) groups excluding carboxylic acids is 2. The Balaban J connectivity index is 1.27. The summed E-state index contributed by atoms with van der Waals surface area (Å²) in [5.41, 5.74) is -0.595. The zero-order valence-corrected chi connectivity index (χ0v) is 27.1. The molecule has 2 fully saturated rings. The monoisotopic (exact) mass is 726 g/mol.